The molecule has 6 heteroatoms. The van der Waals surface area contributed by atoms with Crippen LogP contribution in [0.2, 0.25) is 0 Å². The number of carbonyl (C=O) groups is 1. The minimum absolute atomic E-state index is 0. The molecule has 0 atom stereocenters. The molecule has 0 spiro atoms. The fraction of sp³-hybridized carbons (Fsp3) is 0.0714. The summed E-state index contributed by atoms with van der Waals surface area (Å²) in [5.41, 5.74) is 0.0921. The molecule has 0 bridgehead atoms. The van der Waals surface area contributed by atoms with Gasteiger partial charge in [-0.15, -0.1) is 0 Å². The van der Waals surface area contributed by atoms with Crippen LogP contribution in [0.1, 0.15) is 10.4 Å². The molecule has 20 heavy (non-hydrogen) atoms. The summed E-state index contributed by atoms with van der Waals surface area (Å²) in [5, 5.41) is 10.4. The van der Waals surface area contributed by atoms with Crippen LogP contribution in [0, 0.1) is 38.6 Å². The van der Waals surface area contributed by atoms with Crippen LogP contribution in [0.3, 0.4) is 0 Å². The number of ketones is 1. The Balaban J connectivity index is 0.00000200. The Morgan fingerprint density at radius 1 is 1.05 bits per heavy atom. The van der Waals surface area contributed by atoms with Crippen molar-refractivity contribution in [3.8, 4) is 0 Å². The second-order valence-corrected chi connectivity index (χ2v) is 3.95. The Labute approximate surface area is 143 Å². The molecule has 2 nitrogen and oxygen atoms in total. The minimum Gasteiger partial charge on any atom is -0.504 e. The smallest absolute Gasteiger partial charge is 0.448 e. The summed E-state index contributed by atoms with van der Waals surface area (Å²) in [6.45, 7) is 0. The fourth-order valence-corrected chi connectivity index (χ4v) is 1.63. The standard InChI is InChI=1S/C14H9F3O2.Tb/c15-14(16,17)13(19)8-12(18)11-6-5-9-3-1-2-4-10(9)7-11;/h1-8,19H;. The molecule has 0 aliphatic rings. The quantitative estimate of drug-likeness (QED) is 0.449. The van der Waals surface area contributed by atoms with E-state index in [1.54, 1.807) is 18.2 Å². The average molecular weight is 425 g/mol. The predicted octanol–water partition coefficient (Wildman–Crippen LogP) is 4.03. The summed E-state index contributed by atoms with van der Waals surface area (Å²) >= 11 is 0. The van der Waals surface area contributed by atoms with Crippen molar-refractivity contribution in [2.24, 2.45) is 0 Å². The third-order valence-corrected chi connectivity index (χ3v) is 2.59. The molecule has 0 unspecified atom stereocenters. The van der Waals surface area contributed by atoms with Crippen molar-refractivity contribution in [1.29, 1.82) is 0 Å². The van der Waals surface area contributed by atoms with E-state index in [0.29, 0.717) is 0 Å². The van der Waals surface area contributed by atoms with E-state index in [9.17, 15) is 18.0 Å². The zero-order chi connectivity index (χ0) is 14.0. The van der Waals surface area contributed by atoms with Gasteiger partial charge in [0.15, 0.2) is 5.78 Å². The Hall–Kier alpha value is -1.01. The SMILES string of the molecule is O=C(C=C(O)C(F)(F)F)c1ccc2ccccc2c1.[Tb]. The first kappa shape index (κ1) is 17.0. The number of aliphatic hydroxyl groups is 1. The molecule has 0 aromatic heterocycles. The van der Waals surface area contributed by atoms with Crippen LogP contribution in [-0.2, 0) is 0 Å². The summed E-state index contributed by atoms with van der Waals surface area (Å²) in [6, 6.07) is 11.7. The van der Waals surface area contributed by atoms with E-state index < -0.39 is 17.7 Å². The van der Waals surface area contributed by atoms with Crippen LogP contribution in [-0.4, -0.2) is 17.1 Å². The molecule has 0 amide bonds. The van der Waals surface area contributed by atoms with Crippen LogP contribution in [0.4, 0.5) is 13.2 Å². The normalized spacial score (nSPS) is 12.1. The van der Waals surface area contributed by atoms with Crippen LogP contribution in [0.25, 0.3) is 10.8 Å². The van der Waals surface area contributed by atoms with Gasteiger partial charge in [0.2, 0.25) is 5.76 Å². The molecule has 1 N–H and O–H groups in total. The number of benzene rings is 2. The van der Waals surface area contributed by atoms with E-state index in [0.717, 1.165) is 10.8 Å². The minimum atomic E-state index is -4.91. The molecule has 0 aliphatic carbocycles. The molecular weight excluding hydrogens is 416 g/mol. The van der Waals surface area contributed by atoms with E-state index in [4.69, 9.17) is 5.11 Å². The zero-order valence-corrected chi connectivity index (χ0v) is 12.1. The predicted molar refractivity (Wildman–Crippen MR) is 65.0 cm³/mol. The topological polar surface area (TPSA) is 37.3 Å². The second kappa shape index (κ2) is 6.63. The number of rotatable bonds is 2. The number of halogens is 3. The zero-order valence-electron chi connectivity index (χ0n) is 9.94. The number of hydrogen-bond acceptors (Lipinski definition) is 2. The number of aliphatic hydroxyl groups excluding tert-OH is 1. The largest absolute Gasteiger partial charge is 0.504 e. The summed E-state index contributed by atoms with van der Waals surface area (Å²) in [6.07, 6.45) is -4.73. The summed E-state index contributed by atoms with van der Waals surface area (Å²) in [7, 11) is 0. The molecule has 1 radical (unpaired) electrons. The molecule has 107 valence electrons. The Bertz CT molecular complexity index is 663. The van der Waals surface area contributed by atoms with Crippen LogP contribution < -0.4 is 0 Å². The van der Waals surface area contributed by atoms with Crippen molar-refractivity contribution in [2.45, 2.75) is 6.18 Å². The Kier molecular flexibility index (Phi) is 5.64. The third kappa shape index (κ3) is 3.99. The molecule has 2 aromatic carbocycles. The van der Waals surface area contributed by atoms with Gasteiger partial charge in [0, 0.05) is 50.3 Å². The second-order valence-electron chi connectivity index (χ2n) is 3.95. The van der Waals surface area contributed by atoms with Gasteiger partial charge < -0.3 is 5.11 Å². The van der Waals surface area contributed by atoms with Crippen molar-refractivity contribution >= 4 is 16.6 Å². The number of fused-ring (bicyclic) bond motifs is 1. The molecule has 2 rings (SSSR count). The van der Waals surface area contributed by atoms with Crippen molar-refractivity contribution in [3.05, 3.63) is 59.9 Å². The van der Waals surface area contributed by atoms with Gasteiger partial charge in [-0.05, 0) is 16.8 Å². The third-order valence-electron chi connectivity index (χ3n) is 2.59. The van der Waals surface area contributed by atoms with Crippen molar-refractivity contribution in [2.75, 3.05) is 0 Å². The van der Waals surface area contributed by atoms with Crippen LogP contribution in [0.15, 0.2) is 54.3 Å². The summed E-state index contributed by atoms with van der Waals surface area (Å²) in [4.78, 5) is 11.6. The van der Waals surface area contributed by atoms with E-state index in [1.807, 2.05) is 12.1 Å². The summed E-state index contributed by atoms with van der Waals surface area (Å²) < 4.78 is 36.3. The first-order chi connectivity index (χ1) is 8.88. The number of allylic oxidation sites excluding steroid dienone is 2. The van der Waals surface area contributed by atoms with Crippen molar-refractivity contribution in [1.82, 2.24) is 0 Å². The first-order valence-corrected chi connectivity index (χ1v) is 5.39. The van der Waals surface area contributed by atoms with Crippen molar-refractivity contribution in [3.63, 3.8) is 0 Å². The van der Waals surface area contributed by atoms with Gasteiger partial charge in [0.25, 0.3) is 0 Å². The number of hydrogen-bond donors (Lipinski definition) is 1. The first-order valence-electron chi connectivity index (χ1n) is 5.39. The Morgan fingerprint density at radius 3 is 2.25 bits per heavy atom. The van der Waals surface area contributed by atoms with Gasteiger partial charge in [0.1, 0.15) is 0 Å². The van der Waals surface area contributed by atoms with E-state index >= 15 is 0 Å². The van der Waals surface area contributed by atoms with Gasteiger partial charge in [0.05, 0.1) is 0 Å². The van der Waals surface area contributed by atoms with E-state index in [2.05, 4.69) is 0 Å². The van der Waals surface area contributed by atoms with E-state index in [1.165, 1.54) is 12.1 Å². The number of carbonyl (C=O) groups excluding carboxylic acids is 1. The maximum Gasteiger partial charge on any atom is 0.448 e. The summed E-state index contributed by atoms with van der Waals surface area (Å²) in [5.74, 6) is -2.79. The monoisotopic (exact) mass is 425 g/mol. The average Bonchev–Trinajstić information content (AvgIpc) is 2.37. The van der Waals surface area contributed by atoms with E-state index in [-0.39, 0.29) is 50.3 Å². The van der Waals surface area contributed by atoms with Crippen LogP contribution in [0.5, 0.6) is 0 Å². The molecule has 2 aromatic rings. The molecule has 0 saturated heterocycles. The van der Waals surface area contributed by atoms with Crippen molar-refractivity contribution < 1.29 is 61.7 Å². The van der Waals surface area contributed by atoms with Gasteiger partial charge in [-0.1, -0.05) is 36.4 Å². The van der Waals surface area contributed by atoms with Gasteiger partial charge in [-0.2, -0.15) is 13.2 Å². The Morgan fingerprint density at radius 2 is 1.65 bits per heavy atom. The maximum absolute atomic E-state index is 12.1. The fourth-order valence-electron chi connectivity index (χ4n) is 1.63. The maximum atomic E-state index is 12.1. The van der Waals surface area contributed by atoms with Gasteiger partial charge in [-0.3, -0.25) is 4.79 Å². The number of alkyl halides is 3. The van der Waals surface area contributed by atoms with Crippen LogP contribution >= 0.6 is 0 Å². The van der Waals surface area contributed by atoms with Gasteiger partial charge in [-0.25, -0.2) is 0 Å². The molecule has 0 heterocycles. The van der Waals surface area contributed by atoms with Gasteiger partial charge >= 0.3 is 6.18 Å². The molecule has 0 saturated carbocycles. The molecule has 0 fully saturated rings. The molecule has 0 aliphatic heterocycles. The molecular formula is C14H9F3O2Tb.